The number of anilines is 1. The number of amides is 1. The summed E-state index contributed by atoms with van der Waals surface area (Å²) < 4.78 is 0. The van der Waals surface area contributed by atoms with Gasteiger partial charge < -0.3 is 0 Å². The minimum Gasteiger partial charge on any atom is -0.292 e. The minimum atomic E-state index is -1.13. The summed E-state index contributed by atoms with van der Waals surface area (Å²) in [6, 6.07) is 3.58. The number of carbonyl (C=O) groups excluding carboxylic acids is 2. The maximum atomic E-state index is 13.1. The topological polar surface area (TPSA) is 87.0 Å². The van der Waals surface area contributed by atoms with Gasteiger partial charge in [-0.15, -0.1) is 9.24 Å². The van der Waals surface area contributed by atoms with E-state index in [9.17, 15) is 14.9 Å². The molecule has 2 atom stereocenters. The van der Waals surface area contributed by atoms with Crippen LogP contribution >= 0.6 is 9.24 Å². The van der Waals surface area contributed by atoms with Crippen molar-refractivity contribution in [2.75, 3.05) is 11.4 Å². The Hall–Kier alpha value is -2.38. The van der Waals surface area contributed by atoms with E-state index in [0.717, 1.165) is 0 Å². The first-order valence-electron chi connectivity index (χ1n) is 7.09. The van der Waals surface area contributed by atoms with Crippen molar-refractivity contribution in [1.29, 1.82) is 5.26 Å². The second-order valence-corrected chi connectivity index (χ2v) is 6.99. The molecule has 1 aliphatic heterocycles. The lowest BCUT2D eigenvalue weighted by Crippen LogP contribution is -2.55. The van der Waals surface area contributed by atoms with E-state index in [2.05, 4.69) is 19.2 Å². The molecule has 0 radical (unpaired) electrons. The second kappa shape index (κ2) is 5.07. The van der Waals surface area contributed by atoms with Crippen LogP contribution in [0.3, 0.4) is 0 Å². The molecule has 116 valence electrons. The van der Waals surface area contributed by atoms with Gasteiger partial charge in [0.25, 0.3) is 0 Å². The van der Waals surface area contributed by atoms with Crippen molar-refractivity contribution < 1.29 is 9.59 Å². The molecule has 7 heteroatoms. The van der Waals surface area contributed by atoms with Gasteiger partial charge in [0.2, 0.25) is 11.9 Å². The molecular weight excluding hydrogens is 311 g/mol. The highest BCUT2D eigenvalue weighted by Gasteiger charge is 2.54. The lowest BCUT2D eigenvalue weighted by Gasteiger charge is -2.45. The highest BCUT2D eigenvalue weighted by Crippen LogP contribution is 2.49. The minimum absolute atomic E-state index is 0.00586. The number of hydrogen-bond acceptors (Lipinski definition) is 5. The molecule has 1 aliphatic carbocycles. The summed E-state index contributed by atoms with van der Waals surface area (Å²) in [5, 5.41) is 8.13. The van der Waals surface area contributed by atoms with E-state index in [0.29, 0.717) is 18.1 Å². The lowest BCUT2D eigenvalue weighted by atomic mass is 9.66. The molecule has 0 fully saturated rings. The van der Waals surface area contributed by atoms with E-state index >= 15 is 0 Å². The van der Waals surface area contributed by atoms with Gasteiger partial charge in [-0.3, -0.25) is 14.5 Å². The van der Waals surface area contributed by atoms with Crippen LogP contribution in [-0.2, 0) is 9.59 Å². The number of ketones is 1. The third-order valence-electron chi connectivity index (χ3n) is 4.29. The zero-order valence-electron chi connectivity index (χ0n) is 12.8. The van der Waals surface area contributed by atoms with Crippen molar-refractivity contribution in [1.82, 2.24) is 9.97 Å². The smallest absolute Gasteiger partial charge is 0.247 e. The predicted molar refractivity (Wildman–Crippen MR) is 87.4 cm³/mol. The molecule has 1 unspecified atom stereocenters. The van der Waals surface area contributed by atoms with Gasteiger partial charge >= 0.3 is 0 Å². The van der Waals surface area contributed by atoms with Crippen LogP contribution in [0, 0.1) is 16.7 Å². The third-order valence-corrected chi connectivity index (χ3v) is 5.02. The van der Waals surface area contributed by atoms with Gasteiger partial charge in [-0.25, -0.2) is 9.97 Å². The number of fused-ring (bicyclic) bond motifs is 1. The van der Waals surface area contributed by atoms with Crippen molar-refractivity contribution in [2.24, 2.45) is 5.41 Å². The first-order valence-corrected chi connectivity index (χ1v) is 7.67. The standard InChI is InChI=1S/C16H15N4O2P/c1-15(2)11-4-7-20(14-18-5-3-6-19-14)13(22)16(11,23)8-10(9-17)12(15)21/h3-6,8H,7,23H2,1-2H3/t16-/m0/s1. The Balaban J connectivity index is 2.17. The summed E-state index contributed by atoms with van der Waals surface area (Å²) in [5.41, 5.74) is -0.205. The first kappa shape index (κ1) is 15.5. The fraction of sp³-hybridized carbons (Fsp3) is 0.312. The average molecular weight is 326 g/mol. The monoisotopic (exact) mass is 326 g/mol. The molecule has 6 nitrogen and oxygen atoms in total. The van der Waals surface area contributed by atoms with E-state index in [1.807, 2.05) is 12.1 Å². The lowest BCUT2D eigenvalue weighted by molar-refractivity contribution is -0.123. The predicted octanol–water partition coefficient (Wildman–Crippen LogP) is 1.42. The van der Waals surface area contributed by atoms with Crippen LogP contribution in [0.5, 0.6) is 0 Å². The molecule has 0 aromatic carbocycles. The Morgan fingerprint density at radius 3 is 2.57 bits per heavy atom. The normalized spacial score (nSPS) is 26.1. The number of nitriles is 1. The van der Waals surface area contributed by atoms with Crippen LogP contribution in [0.4, 0.5) is 5.95 Å². The van der Waals surface area contributed by atoms with Gasteiger partial charge in [-0.05, 0) is 31.6 Å². The zero-order valence-corrected chi connectivity index (χ0v) is 13.9. The second-order valence-electron chi connectivity index (χ2n) is 6.08. The molecule has 0 saturated carbocycles. The summed E-state index contributed by atoms with van der Waals surface area (Å²) in [7, 11) is 2.51. The number of nitrogens with zero attached hydrogens (tertiary/aromatic N) is 4. The van der Waals surface area contributed by atoms with Crippen molar-refractivity contribution in [2.45, 2.75) is 19.0 Å². The van der Waals surface area contributed by atoms with Crippen molar-refractivity contribution in [3.8, 4) is 6.07 Å². The molecule has 2 aliphatic rings. The van der Waals surface area contributed by atoms with Crippen LogP contribution in [0.2, 0.25) is 0 Å². The average Bonchev–Trinajstić information content (AvgIpc) is 2.54. The third kappa shape index (κ3) is 2.12. The van der Waals surface area contributed by atoms with E-state index in [1.165, 1.54) is 11.0 Å². The molecule has 0 bridgehead atoms. The molecule has 0 N–H and O–H groups in total. The number of hydrogen-bond donors (Lipinski definition) is 0. The largest absolute Gasteiger partial charge is 0.292 e. The van der Waals surface area contributed by atoms with Gasteiger partial charge in [-0.2, -0.15) is 5.26 Å². The zero-order chi connectivity index (χ0) is 16.8. The summed E-state index contributed by atoms with van der Waals surface area (Å²) in [6.07, 6.45) is 6.42. The molecule has 3 rings (SSSR count). The highest BCUT2D eigenvalue weighted by molar-refractivity contribution is 7.22. The molecule has 1 aromatic rings. The number of rotatable bonds is 1. The Labute approximate surface area is 136 Å². The van der Waals surface area contributed by atoms with E-state index in [4.69, 9.17) is 0 Å². The number of Topliss-reactive ketones (excluding diaryl/α,β-unsaturated/α-hetero) is 1. The summed E-state index contributed by atoms with van der Waals surface area (Å²) in [6.45, 7) is 3.78. The number of aromatic nitrogens is 2. The van der Waals surface area contributed by atoms with Crippen LogP contribution in [0.1, 0.15) is 13.8 Å². The molecule has 1 amide bonds. The maximum absolute atomic E-state index is 13.1. The van der Waals surface area contributed by atoms with Gasteiger partial charge in [0.15, 0.2) is 5.78 Å². The molecule has 2 heterocycles. The molecule has 1 aromatic heterocycles. The molecule has 0 saturated heterocycles. The summed E-state index contributed by atoms with van der Waals surface area (Å²) in [4.78, 5) is 35.2. The Bertz CT molecular complexity index is 807. The van der Waals surface area contributed by atoms with Crippen LogP contribution in [0.25, 0.3) is 0 Å². The van der Waals surface area contributed by atoms with Gasteiger partial charge in [0, 0.05) is 18.9 Å². The van der Waals surface area contributed by atoms with Crippen molar-refractivity contribution in [3.05, 3.63) is 41.8 Å². The number of allylic oxidation sites excluding steroid dienone is 1. The van der Waals surface area contributed by atoms with Gasteiger partial charge in [-0.1, -0.05) is 6.08 Å². The maximum Gasteiger partial charge on any atom is 0.247 e. The summed E-state index contributed by atoms with van der Waals surface area (Å²) in [5.74, 6) is -0.225. The fourth-order valence-electron chi connectivity index (χ4n) is 3.12. The fourth-order valence-corrected chi connectivity index (χ4v) is 3.92. The molecule has 23 heavy (non-hydrogen) atoms. The quantitative estimate of drug-likeness (QED) is 0.575. The van der Waals surface area contributed by atoms with Gasteiger partial charge in [0.05, 0.1) is 11.0 Å². The summed E-state index contributed by atoms with van der Waals surface area (Å²) >= 11 is 0. The molecule has 0 spiro atoms. The van der Waals surface area contributed by atoms with Crippen molar-refractivity contribution >= 4 is 26.9 Å². The first-order chi connectivity index (χ1) is 10.8. The highest BCUT2D eigenvalue weighted by atomic mass is 31.0. The Morgan fingerprint density at radius 1 is 1.30 bits per heavy atom. The SMILES string of the molecule is CC1(C)C(=O)C(C#N)=C[C@@]2(P)C(=O)N(c3ncccn3)CC=C12. The van der Waals surface area contributed by atoms with E-state index in [1.54, 1.807) is 32.3 Å². The van der Waals surface area contributed by atoms with Gasteiger partial charge in [0.1, 0.15) is 11.2 Å². The molecular formula is C16H15N4O2P. The Kier molecular flexibility index (Phi) is 3.42. The van der Waals surface area contributed by atoms with Crippen LogP contribution < -0.4 is 4.90 Å². The van der Waals surface area contributed by atoms with Crippen LogP contribution in [0.15, 0.2) is 41.8 Å². The van der Waals surface area contributed by atoms with E-state index in [-0.39, 0.29) is 17.3 Å². The van der Waals surface area contributed by atoms with Crippen LogP contribution in [-0.4, -0.2) is 33.4 Å². The van der Waals surface area contributed by atoms with Crippen molar-refractivity contribution in [3.63, 3.8) is 0 Å². The number of carbonyl (C=O) groups is 2. The Morgan fingerprint density at radius 2 is 1.96 bits per heavy atom. The van der Waals surface area contributed by atoms with E-state index < -0.39 is 10.6 Å².